The highest BCUT2D eigenvalue weighted by molar-refractivity contribution is 5.96. The van der Waals surface area contributed by atoms with Gasteiger partial charge in [0.25, 0.3) is 5.91 Å². The van der Waals surface area contributed by atoms with E-state index >= 15 is 0 Å². The molecular formula is C19H20N2O5. The predicted octanol–water partition coefficient (Wildman–Crippen LogP) is 2.32. The second-order valence-electron chi connectivity index (χ2n) is 5.29. The maximum Gasteiger partial charge on any atom is 0.343 e. The molecule has 1 N–H and O–H groups in total. The van der Waals surface area contributed by atoms with Crippen LogP contribution in [0.3, 0.4) is 0 Å². The number of methoxy groups -OCH3 is 2. The molecule has 0 aliphatic heterocycles. The molecule has 0 aliphatic rings. The summed E-state index contributed by atoms with van der Waals surface area (Å²) in [5.41, 5.74) is 4.61. The van der Waals surface area contributed by atoms with E-state index in [4.69, 9.17) is 9.47 Å². The lowest BCUT2D eigenvalue weighted by Crippen LogP contribution is -2.18. The lowest BCUT2D eigenvalue weighted by atomic mass is 10.1. The summed E-state index contributed by atoms with van der Waals surface area (Å²) in [7, 11) is 2.77. The first kappa shape index (κ1) is 19.0. The van der Waals surface area contributed by atoms with Crippen molar-refractivity contribution in [1.29, 1.82) is 0 Å². The van der Waals surface area contributed by atoms with Crippen LogP contribution in [0, 0.1) is 6.92 Å². The van der Waals surface area contributed by atoms with Gasteiger partial charge in [0.2, 0.25) is 0 Å². The number of hydrogen-bond acceptors (Lipinski definition) is 6. The molecule has 2 aromatic carbocycles. The molecule has 0 bridgehead atoms. The van der Waals surface area contributed by atoms with E-state index < -0.39 is 5.97 Å². The molecule has 7 nitrogen and oxygen atoms in total. The number of nitrogens with one attached hydrogen (secondary N) is 1. The quantitative estimate of drug-likeness (QED) is 0.467. The van der Waals surface area contributed by atoms with Crippen LogP contribution in [0.2, 0.25) is 0 Å². The molecule has 2 rings (SSSR count). The van der Waals surface area contributed by atoms with Gasteiger partial charge >= 0.3 is 5.97 Å². The summed E-state index contributed by atoms with van der Waals surface area (Å²) in [5.74, 6) is 0.0584. The standard InChI is InChI=1S/C19H20N2O5/c1-13-6-4-5-7-15(13)19(23)21-20-11-14-8-9-16(17(10-14)24-2)26-12-18(22)25-3/h4-11H,12H2,1-3H3,(H,21,23)/b20-11-. The largest absolute Gasteiger partial charge is 0.493 e. The Kier molecular flexibility index (Phi) is 6.73. The molecule has 136 valence electrons. The Hall–Kier alpha value is -3.35. The van der Waals surface area contributed by atoms with E-state index in [1.165, 1.54) is 20.4 Å². The number of carbonyl (C=O) groups excluding carboxylic acids is 2. The molecule has 0 atom stereocenters. The maximum atomic E-state index is 12.1. The number of rotatable bonds is 7. The average molecular weight is 356 g/mol. The fraction of sp³-hybridized carbons (Fsp3) is 0.211. The molecule has 2 aromatic rings. The van der Waals surface area contributed by atoms with Crippen molar-refractivity contribution in [3.8, 4) is 11.5 Å². The smallest absolute Gasteiger partial charge is 0.343 e. The summed E-state index contributed by atoms with van der Waals surface area (Å²) < 4.78 is 15.1. The molecule has 0 aromatic heterocycles. The van der Waals surface area contributed by atoms with Crippen LogP contribution in [0.4, 0.5) is 0 Å². The van der Waals surface area contributed by atoms with Gasteiger partial charge in [-0.2, -0.15) is 5.10 Å². The van der Waals surface area contributed by atoms with Gasteiger partial charge in [0.15, 0.2) is 18.1 Å². The third kappa shape index (κ3) is 5.07. The van der Waals surface area contributed by atoms with Gasteiger partial charge in [-0.3, -0.25) is 4.79 Å². The molecule has 0 aliphatic carbocycles. The van der Waals surface area contributed by atoms with E-state index in [1.54, 1.807) is 30.3 Å². The van der Waals surface area contributed by atoms with Crippen molar-refractivity contribution >= 4 is 18.1 Å². The monoisotopic (exact) mass is 356 g/mol. The van der Waals surface area contributed by atoms with Crippen molar-refractivity contribution in [2.45, 2.75) is 6.92 Å². The first-order valence-electron chi connectivity index (χ1n) is 7.82. The number of benzene rings is 2. The zero-order valence-electron chi connectivity index (χ0n) is 14.8. The molecule has 26 heavy (non-hydrogen) atoms. The van der Waals surface area contributed by atoms with Crippen molar-refractivity contribution in [1.82, 2.24) is 5.43 Å². The Morgan fingerprint density at radius 3 is 2.58 bits per heavy atom. The van der Waals surface area contributed by atoms with E-state index in [0.29, 0.717) is 22.6 Å². The van der Waals surface area contributed by atoms with Crippen molar-refractivity contribution in [2.75, 3.05) is 20.8 Å². The van der Waals surface area contributed by atoms with Gasteiger partial charge in [-0.25, -0.2) is 10.2 Å². The van der Waals surface area contributed by atoms with Crippen LogP contribution in [0.15, 0.2) is 47.6 Å². The highest BCUT2D eigenvalue weighted by Crippen LogP contribution is 2.27. The van der Waals surface area contributed by atoms with Crippen LogP contribution in [0.1, 0.15) is 21.5 Å². The third-order valence-electron chi connectivity index (χ3n) is 3.53. The number of carbonyl (C=O) groups is 2. The van der Waals surface area contributed by atoms with Crippen molar-refractivity contribution < 1.29 is 23.8 Å². The van der Waals surface area contributed by atoms with Gasteiger partial charge in [-0.15, -0.1) is 0 Å². The molecule has 0 unspecified atom stereocenters. The molecule has 0 saturated carbocycles. The minimum atomic E-state index is -0.489. The van der Waals surface area contributed by atoms with Crippen LogP contribution >= 0.6 is 0 Å². The Morgan fingerprint density at radius 2 is 1.88 bits per heavy atom. The Morgan fingerprint density at radius 1 is 1.12 bits per heavy atom. The maximum absolute atomic E-state index is 12.1. The normalized spacial score (nSPS) is 10.4. The van der Waals surface area contributed by atoms with Gasteiger partial charge in [0.1, 0.15) is 0 Å². The van der Waals surface area contributed by atoms with Crippen LogP contribution < -0.4 is 14.9 Å². The second kappa shape index (κ2) is 9.22. The molecule has 0 spiro atoms. The number of nitrogens with zero attached hydrogens (tertiary/aromatic N) is 1. The van der Waals surface area contributed by atoms with Gasteiger partial charge in [0, 0.05) is 5.56 Å². The van der Waals surface area contributed by atoms with Gasteiger partial charge in [-0.05, 0) is 42.3 Å². The Balaban J connectivity index is 2.02. The van der Waals surface area contributed by atoms with Crippen molar-refractivity contribution in [2.24, 2.45) is 5.10 Å². The van der Waals surface area contributed by atoms with E-state index in [1.807, 2.05) is 19.1 Å². The number of ether oxygens (including phenoxy) is 3. The number of amides is 1. The van der Waals surface area contributed by atoms with Gasteiger partial charge in [-0.1, -0.05) is 18.2 Å². The van der Waals surface area contributed by atoms with Crippen LogP contribution in [0.5, 0.6) is 11.5 Å². The Bertz CT molecular complexity index is 817. The lowest BCUT2D eigenvalue weighted by Gasteiger charge is -2.10. The first-order valence-corrected chi connectivity index (χ1v) is 7.82. The molecule has 0 saturated heterocycles. The lowest BCUT2D eigenvalue weighted by molar-refractivity contribution is -0.142. The van der Waals surface area contributed by atoms with Crippen LogP contribution in [-0.2, 0) is 9.53 Å². The molecule has 1 amide bonds. The molecule has 0 fully saturated rings. The molecule has 7 heteroatoms. The summed E-state index contributed by atoms with van der Waals surface area (Å²) in [4.78, 5) is 23.2. The fourth-order valence-corrected chi connectivity index (χ4v) is 2.13. The summed E-state index contributed by atoms with van der Waals surface area (Å²) >= 11 is 0. The third-order valence-corrected chi connectivity index (χ3v) is 3.53. The van der Waals surface area contributed by atoms with Crippen LogP contribution in [-0.4, -0.2) is 38.9 Å². The zero-order valence-corrected chi connectivity index (χ0v) is 14.8. The molecule has 0 heterocycles. The summed E-state index contributed by atoms with van der Waals surface area (Å²) in [6.45, 7) is 1.64. The molecular weight excluding hydrogens is 336 g/mol. The number of hydrazone groups is 1. The summed E-state index contributed by atoms with van der Waals surface area (Å²) in [5, 5.41) is 3.96. The Labute approximate surface area is 151 Å². The zero-order chi connectivity index (χ0) is 18.9. The fourth-order valence-electron chi connectivity index (χ4n) is 2.13. The minimum absolute atomic E-state index is 0.215. The van der Waals surface area contributed by atoms with E-state index in [0.717, 1.165) is 5.56 Å². The van der Waals surface area contributed by atoms with E-state index in [9.17, 15) is 9.59 Å². The minimum Gasteiger partial charge on any atom is -0.493 e. The average Bonchev–Trinajstić information content (AvgIpc) is 2.66. The summed E-state index contributed by atoms with van der Waals surface area (Å²) in [6, 6.07) is 12.3. The summed E-state index contributed by atoms with van der Waals surface area (Å²) in [6.07, 6.45) is 1.49. The predicted molar refractivity (Wildman–Crippen MR) is 96.7 cm³/mol. The highest BCUT2D eigenvalue weighted by Gasteiger charge is 2.09. The highest BCUT2D eigenvalue weighted by atomic mass is 16.6. The number of esters is 1. The van der Waals surface area contributed by atoms with Gasteiger partial charge < -0.3 is 14.2 Å². The number of hydrogen-bond donors (Lipinski definition) is 1. The first-order chi connectivity index (χ1) is 12.5. The van der Waals surface area contributed by atoms with E-state index in [2.05, 4.69) is 15.3 Å². The van der Waals surface area contributed by atoms with E-state index in [-0.39, 0.29) is 12.5 Å². The topological polar surface area (TPSA) is 86.2 Å². The SMILES string of the molecule is COC(=O)COc1ccc(/C=N\NC(=O)c2ccccc2C)cc1OC. The van der Waals surface area contributed by atoms with Gasteiger partial charge in [0.05, 0.1) is 20.4 Å². The number of aryl methyl sites for hydroxylation is 1. The van der Waals surface area contributed by atoms with Crippen molar-refractivity contribution in [3.05, 3.63) is 59.2 Å². The van der Waals surface area contributed by atoms with Crippen LogP contribution in [0.25, 0.3) is 0 Å². The second-order valence-corrected chi connectivity index (χ2v) is 5.29. The van der Waals surface area contributed by atoms with Crippen molar-refractivity contribution in [3.63, 3.8) is 0 Å². The molecule has 0 radical (unpaired) electrons.